The molecule has 0 saturated carbocycles. The predicted octanol–water partition coefficient (Wildman–Crippen LogP) is 3.23. The molecular weight excluding hydrogens is 354 g/mol. The van der Waals surface area contributed by atoms with E-state index in [0.717, 1.165) is 6.42 Å². The average Bonchev–Trinajstić information content (AvgIpc) is 3.08. The lowest BCUT2D eigenvalue weighted by molar-refractivity contribution is 0.0941. The highest BCUT2D eigenvalue weighted by Gasteiger charge is 2.21. The van der Waals surface area contributed by atoms with E-state index < -0.39 is 5.91 Å². The van der Waals surface area contributed by atoms with Gasteiger partial charge in [0.1, 0.15) is 0 Å². The van der Waals surface area contributed by atoms with Gasteiger partial charge in [0, 0.05) is 18.4 Å². The quantitative estimate of drug-likeness (QED) is 0.691. The SMILES string of the molecule is CC(C)CCNC(=O)c1nc(C(=O)Nc2cccc(C#N)c2)c2ccccn12. The number of rotatable bonds is 6. The van der Waals surface area contributed by atoms with Gasteiger partial charge < -0.3 is 10.6 Å². The van der Waals surface area contributed by atoms with Crippen LogP contribution in [0.5, 0.6) is 0 Å². The monoisotopic (exact) mass is 375 g/mol. The summed E-state index contributed by atoms with van der Waals surface area (Å²) in [6.45, 7) is 4.71. The number of imidazole rings is 1. The van der Waals surface area contributed by atoms with Gasteiger partial charge in [0.15, 0.2) is 5.69 Å². The van der Waals surface area contributed by atoms with Crippen molar-refractivity contribution in [1.82, 2.24) is 14.7 Å². The van der Waals surface area contributed by atoms with E-state index in [1.54, 1.807) is 53.1 Å². The minimum Gasteiger partial charge on any atom is -0.349 e. The van der Waals surface area contributed by atoms with Gasteiger partial charge in [-0.15, -0.1) is 0 Å². The molecule has 28 heavy (non-hydrogen) atoms. The largest absolute Gasteiger partial charge is 0.349 e. The molecule has 0 aliphatic heterocycles. The summed E-state index contributed by atoms with van der Waals surface area (Å²) in [7, 11) is 0. The van der Waals surface area contributed by atoms with Crippen molar-refractivity contribution in [1.29, 1.82) is 5.26 Å². The molecule has 0 aliphatic carbocycles. The fourth-order valence-corrected chi connectivity index (χ4v) is 2.78. The summed E-state index contributed by atoms with van der Waals surface area (Å²) in [6.07, 6.45) is 2.56. The molecule has 142 valence electrons. The second-order valence-electron chi connectivity index (χ2n) is 6.83. The third kappa shape index (κ3) is 4.18. The number of amides is 2. The van der Waals surface area contributed by atoms with Crippen LogP contribution in [0, 0.1) is 17.2 Å². The molecule has 0 saturated heterocycles. The van der Waals surface area contributed by atoms with Gasteiger partial charge in [-0.05, 0) is 42.7 Å². The second kappa shape index (κ2) is 8.35. The number of carbonyl (C=O) groups excluding carboxylic acids is 2. The molecule has 3 rings (SSSR count). The molecular formula is C21H21N5O2. The van der Waals surface area contributed by atoms with Gasteiger partial charge in [-0.3, -0.25) is 14.0 Å². The van der Waals surface area contributed by atoms with E-state index in [-0.39, 0.29) is 17.4 Å². The molecule has 0 spiro atoms. The minimum absolute atomic E-state index is 0.150. The summed E-state index contributed by atoms with van der Waals surface area (Å²) in [5, 5.41) is 14.6. The first kappa shape index (κ1) is 19.1. The molecule has 7 nitrogen and oxygen atoms in total. The van der Waals surface area contributed by atoms with Crippen molar-refractivity contribution in [2.45, 2.75) is 20.3 Å². The van der Waals surface area contributed by atoms with Crippen LogP contribution >= 0.6 is 0 Å². The number of nitrogens with one attached hydrogen (secondary N) is 2. The van der Waals surface area contributed by atoms with Crippen molar-refractivity contribution < 1.29 is 9.59 Å². The fourth-order valence-electron chi connectivity index (χ4n) is 2.78. The maximum absolute atomic E-state index is 12.8. The Morgan fingerprint density at radius 3 is 2.75 bits per heavy atom. The van der Waals surface area contributed by atoms with Gasteiger partial charge >= 0.3 is 0 Å². The molecule has 2 amide bonds. The van der Waals surface area contributed by atoms with Gasteiger partial charge in [-0.1, -0.05) is 26.0 Å². The molecule has 0 radical (unpaired) electrons. The molecule has 2 N–H and O–H groups in total. The Morgan fingerprint density at radius 2 is 2.00 bits per heavy atom. The normalized spacial score (nSPS) is 10.6. The number of pyridine rings is 1. The van der Waals surface area contributed by atoms with Crippen LogP contribution in [0.1, 0.15) is 46.9 Å². The fraction of sp³-hybridized carbons (Fsp3) is 0.238. The first-order chi connectivity index (χ1) is 13.5. The van der Waals surface area contributed by atoms with Crippen LogP contribution in [-0.2, 0) is 0 Å². The van der Waals surface area contributed by atoms with Crippen LogP contribution in [0.2, 0.25) is 0 Å². The molecule has 0 unspecified atom stereocenters. The lowest BCUT2D eigenvalue weighted by atomic mass is 10.1. The van der Waals surface area contributed by atoms with E-state index in [1.165, 1.54) is 0 Å². The predicted molar refractivity (Wildman–Crippen MR) is 106 cm³/mol. The van der Waals surface area contributed by atoms with E-state index in [2.05, 4.69) is 29.5 Å². The van der Waals surface area contributed by atoms with Crippen molar-refractivity contribution in [2.75, 3.05) is 11.9 Å². The van der Waals surface area contributed by atoms with E-state index in [9.17, 15) is 9.59 Å². The van der Waals surface area contributed by atoms with Gasteiger partial charge in [0.25, 0.3) is 11.8 Å². The van der Waals surface area contributed by atoms with Crippen molar-refractivity contribution >= 4 is 23.0 Å². The average molecular weight is 375 g/mol. The van der Waals surface area contributed by atoms with Gasteiger partial charge in [0.2, 0.25) is 5.82 Å². The van der Waals surface area contributed by atoms with Crippen LogP contribution < -0.4 is 10.6 Å². The number of hydrogen-bond acceptors (Lipinski definition) is 4. The molecule has 0 aliphatic rings. The Balaban J connectivity index is 1.88. The summed E-state index contributed by atoms with van der Waals surface area (Å²) in [6, 6.07) is 13.9. The first-order valence-electron chi connectivity index (χ1n) is 9.06. The molecule has 0 fully saturated rings. The van der Waals surface area contributed by atoms with E-state index in [0.29, 0.717) is 29.2 Å². The maximum Gasteiger partial charge on any atom is 0.287 e. The van der Waals surface area contributed by atoms with Crippen LogP contribution in [0.4, 0.5) is 5.69 Å². The Hall–Kier alpha value is -3.66. The zero-order valence-corrected chi connectivity index (χ0v) is 15.8. The molecule has 1 aromatic carbocycles. The summed E-state index contributed by atoms with van der Waals surface area (Å²) >= 11 is 0. The topological polar surface area (TPSA) is 99.3 Å². The number of nitriles is 1. The number of aromatic nitrogens is 2. The smallest absolute Gasteiger partial charge is 0.287 e. The zero-order valence-electron chi connectivity index (χ0n) is 15.8. The molecule has 0 bridgehead atoms. The number of hydrogen-bond donors (Lipinski definition) is 2. The Morgan fingerprint density at radius 1 is 1.18 bits per heavy atom. The van der Waals surface area contributed by atoms with Crippen molar-refractivity contribution in [3.8, 4) is 6.07 Å². The highest BCUT2D eigenvalue weighted by Crippen LogP contribution is 2.17. The number of benzene rings is 1. The molecule has 3 aromatic rings. The molecule has 2 heterocycles. The Bertz CT molecular complexity index is 1060. The molecule has 7 heteroatoms. The van der Waals surface area contributed by atoms with Gasteiger partial charge in [-0.25, -0.2) is 4.98 Å². The third-order valence-corrected chi connectivity index (χ3v) is 4.22. The van der Waals surface area contributed by atoms with Crippen molar-refractivity contribution in [3.63, 3.8) is 0 Å². The van der Waals surface area contributed by atoms with Crippen LogP contribution in [-0.4, -0.2) is 27.7 Å². The number of nitrogens with zero attached hydrogens (tertiary/aromatic N) is 3. The zero-order chi connectivity index (χ0) is 20.1. The summed E-state index contributed by atoms with van der Waals surface area (Å²) in [4.78, 5) is 29.6. The lowest BCUT2D eigenvalue weighted by Crippen LogP contribution is -2.27. The van der Waals surface area contributed by atoms with Gasteiger partial charge in [0.05, 0.1) is 17.1 Å². The third-order valence-electron chi connectivity index (χ3n) is 4.22. The maximum atomic E-state index is 12.8. The minimum atomic E-state index is -0.444. The van der Waals surface area contributed by atoms with E-state index in [4.69, 9.17) is 5.26 Å². The number of fused-ring (bicyclic) bond motifs is 1. The van der Waals surface area contributed by atoms with Crippen molar-refractivity contribution in [2.24, 2.45) is 5.92 Å². The van der Waals surface area contributed by atoms with Crippen LogP contribution in [0.15, 0.2) is 48.7 Å². The van der Waals surface area contributed by atoms with Crippen LogP contribution in [0.25, 0.3) is 5.52 Å². The summed E-state index contributed by atoms with van der Waals surface area (Å²) in [5.41, 5.74) is 1.62. The molecule has 2 aromatic heterocycles. The Labute approximate surface area is 163 Å². The number of carbonyl (C=O) groups is 2. The standard InChI is InChI=1S/C21H21N5O2/c1-14(2)9-10-23-21(28)19-25-18(17-8-3-4-11-26(17)19)20(27)24-16-7-5-6-15(12-16)13-22/h3-8,11-12,14H,9-10H2,1-2H3,(H,23,28)(H,24,27). The highest BCUT2D eigenvalue weighted by atomic mass is 16.2. The number of anilines is 1. The second-order valence-corrected chi connectivity index (χ2v) is 6.83. The lowest BCUT2D eigenvalue weighted by Gasteiger charge is -2.06. The summed E-state index contributed by atoms with van der Waals surface area (Å²) in [5.74, 6) is -0.134. The van der Waals surface area contributed by atoms with E-state index >= 15 is 0 Å². The van der Waals surface area contributed by atoms with Gasteiger partial charge in [-0.2, -0.15) is 5.26 Å². The Kier molecular flexibility index (Phi) is 5.70. The molecule has 0 atom stereocenters. The van der Waals surface area contributed by atoms with E-state index in [1.807, 2.05) is 6.07 Å². The first-order valence-corrected chi connectivity index (χ1v) is 9.06. The van der Waals surface area contributed by atoms with Crippen molar-refractivity contribution in [3.05, 3.63) is 65.7 Å². The summed E-state index contributed by atoms with van der Waals surface area (Å²) < 4.78 is 1.60. The highest BCUT2D eigenvalue weighted by molar-refractivity contribution is 6.09. The van der Waals surface area contributed by atoms with Crippen LogP contribution in [0.3, 0.4) is 0 Å².